The van der Waals surface area contributed by atoms with Gasteiger partial charge >= 0.3 is 11.9 Å². The molecule has 3 aromatic carbocycles. The molecule has 0 bridgehead atoms. The predicted molar refractivity (Wildman–Crippen MR) is 124 cm³/mol. The second-order valence-electron chi connectivity index (χ2n) is 7.53. The number of hydrogen-bond donors (Lipinski definition) is 0. The quantitative estimate of drug-likeness (QED) is 0.343. The van der Waals surface area contributed by atoms with Crippen LogP contribution in [0.1, 0.15) is 11.1 Å². The zero-order valence-corrected chi connectivity index (χ0v) is 18.8. The Labute approximate surface area is 186 Å². The van der Waals surface area contributed by atoms with E-state index in [4.69, 9.17) is 18.9 Å². The van der Waals surface area contributed by atoms with Gasteiger partial charge in [-0.15, -0.1) is 0 Å². The minimum absolute atomic E-state index is 0.141. The van der Waals surface area contributed by atoms with Gasteiger partial charge in [-0.25, -0.2) is 9.59 Å². The maximum atomic E-state index is 12.9. The van der Waals surface area contributed by atoms with Crippen LogP contribution in [0.5, 0.6) is 11.5 Å². The molecule has 4 rings (SSSR count). The monoisotopic (exact) mass is 435 g/mol. The standard InChI is InChI=1S/C25H25NO6/c1-26-11-10-14-12-18(29-2)24(31-4)22-16-9-7-6-8-15(16)21(23(26)20(14)22)17(25(28)32-5)13-19(27)30-3/h6-9,12-13H,10-11H2,1-5H3/b17-13-. The van der Waals surface area contributed by atoms with Gasteiger partial charge in [0.15, 0.2) is 11.5 Å². The summed E-state index contributed by atoms with van der Waals surface area (Å²) in [6.07, 6.45) is 1.99. The summed E-state index contributed by atoms with van der Waals surface area (Å²) in [4.78, 5) is 27.2. The van der Waals surface area contributed by atoms with E-state index >= 15 is 0 Å². The van der Waals surface area contributed by atoms with Gasteiger partial charge in [0, 0.05) is 36.0 Å². The number of fused-ring (bicyclic) bond motifs is 2. The van der Waals surface area contributed by atoms with Crippen molar-refractivity contribution in [2.75, 3.05) is 46.9 Å². The first-order valence-corrected chi connectivity index (χ1v) is 10.2. The Kier molecular flexibility index (Phi) is 5.65. The molecule has 32 heavy (non-hydrogen) atoms. The van der Waals surface area contributed by atoms with Gasteiger partial charge in [-0.05, 0) is 28.8 Å². The lowest BCUT2D eigenvalue weighted by molar-refractivity contribution is -0.136. The molecule has 0 unspecified atom stereocenters. The van der Waals surface area contributed by atoms with Crippen molar-refractivity contribution >= 4 is 44.7 Å². The van der Waals surface area contributed by atoms with Gasteiger partial charge in [0.05, 0.1) is 39.7 Å². The normalized spacial score (nSPS) is 13.3. The number of benzene rings is 3. The van der Waals surface area contributed by atoms with Gasteiger partial charge in [0.1, 0.15) is 0 Å². The van der Waals surface area contributed by atoms with E-state index < -0.39 is 11.9 Å². The number of esters is 2. The van der Waals surface area contributed by atoms with E-state index in [-0.39, 0.29) is 5.57 Å². The van der Waals surface area contributed by atoms with Crippen LogP contribution in [0.2, 0.25) is 0 Å². The number of hydrogen-bond acceptors (Lipinski definition) is 7. The molecule has 0 atom stereocenters. The van der Waals surface area contributed by atoms with Gasteiger partial charge in [0.2, 0.25) is 0 Å². The fourth-order valence-corrected chi connectivity index (χ4v) is 4.52. The van der Waals surface area contributed by atoms with Crippen LogP contribution in [0.4, 0.5) is 5.69 Å². The largest absolute Gasteiger partial charge is 0.493 e. The number of rotatable bonds is 5. The van der Waals surface area contributed by atoms with E-state index in [0.29, 0.717) is 17.1 Å². The maximum Gasteiger partial charge on any atom is 0.338 e. The minimum atomic E-state index is -0.632. The van der Waals surface area contributed by atoms with E-state index in [9.17, 15) is 9.59 Å². The summed E-state index contributed by atoms with van der Waals surface area (Å²) in [5, 5.41) is 3.55. The highest BCUT2D eigenvalue weighted by molar-refractivity contribution is 6.31. The van der Waals surface area contributed by atoms with Crippen LogP contribution in [0.25, 0.3) is 27.1 Å². The lowest BCUT2D eigenvalue weighted by Crippen LogP contribution is -2.27. The molecule has 0 spiro atoms. The number of likely N-dealkylation sites (N-methyl/N-ethyl adjacent to an activating group) is 1. The summed E-state index contributed by atoms with van der Waals surface area (Å²) in [5.74, 6) is 0.0359. The first kappa shape index (κ1) is 21.5. The summed E-state index contributed by atoms with van der Waals surface area (Å²) in [6.45, 7) is 0.732. The molecule has 0 aromatic heterocycles. The average molecular weight is 435 g/mol. The first-order chi connectivity index (χ1) is 15.5. The molecule has 1 aliphatic rings. The van der Waals surface area contributed by atoms with Gasteiger partial charge in [-0.3, -0.25) is 0 Å². The van der Waals surface area contributed by atoms with Crippen LogP contribution in [-0.2, 0) is 25.5 Å². The summed E-state index contributed by atoms with van der Waals surface area (Å²) < 4.78 is 21.3. The zero-order chi connectivity index (χ0) is 23.0. The highest BCUT2D eigenvalue weighted by Gasteiger charge is 2.30. The van der Waals surface area contributed by atoms with E-state index in [1.165, 1.54) is 20.3 Å². The molecular formula is C25H25NO6. The number of carbonyl (C=O) groups excluding carboxylic acids is 2. The lowest BCUT2D eigenvalue weighted by Gasteiger charge is -2.32. The molecule has 0 radical (unpaired) electrons. The summed E-state index contributed by atoms with van der Waals surface area (Å²) >= 11 is 0. The fraction of sp³-hybridized carbons (Fsp3) is 0.280. The Morgan fingerprint density at radius 2 is 1.69 bits per heavy atom. The van der Waals surface area contributed by atoms with Crippen LogP contribution in [0.3, 0.4) is 0 Å². The van der Waals surface area contributed by atoms with Crippen molar-refractivity contribution < 1.29 is 28.5 Å². The molecule has 0 N–H and O–H groups in total. The lowest BCUT2D eigenvalue weighted by atomic mass is 9.85. The van der Waals surface area contributed by atoms with E-state index in [1.54, 1.807) is 14.2 Å². The van der Waals surface area contributed by atoms with Crippen LogP contribution >= 0.6 is 0 Å². The molecule has 7 nitrogen and oxygen atoms in total. The molecule has 0 fully saturated rings. The third-order valence-corrected chi connectivity index (χ3v) is 5.93. The van der Waals surface area contributed by atoms with Crippen molar-refractivity contribution in [3.8, 4) is 11.5 Å². The number of ether oxygens (including phenoxy) is 4. The van der Waals surface area contributed by atoms with Crippen molar-refractivity contribution in [1.82, 2.24) is 0 Å². The van der Waals surface area contributed by atoms with Crippen LogP contribution in [0, 0.1) is 0 Å². The average Bonchev–Trinajstić information content (AvgIpc) is 2.83. The summed E-state index contributed by atoms with van der Waals surface area (Å²) in [5.41, 5.74) is 2.68. The van der Waals surface area contributed by atoms with Crippen molar-refractivity contribution in [1.29, 1.82) is 0 Å². The molecular weight excluding hydrogens is 410 g/mol. The van der Waals surface area contributed by atoms with Crippen LogP contribution in [0.15, 0.2) is 36.4 Å². The molecule has 166 valence electrons. The van der Waals surface area contributed by atoms with E-state index in [2.05, 4.69) is 4.90 Å². The Morgan fingerprint density at radius 1 is 0.969 bits per heavy atom. The Balaban J connectivity index is 2.29. The van der Waals surface area contributed by atoms with E-state index in [1.807, 2.05) is 37.4 Å². The molecule has 0 saturated carbocycles. The van der Waals surface area contributed by atoms with Crippen LogP contribution in [-0.4, -0.2) is 54.0 Å². The second kappa shape index (κ2) is 8.42. The van der Waals surface area contributed by atoms with Gasteiger partial charge < -0.3 is 23.8 Å². The predicted octanol–water partition coefficient (Wildman–Crippen LogP) is 3.73. The smallest absolute Gasteiger partial charge is 0.338 e. The van der Waals surface area contributed by atoms with Gasteiger partial charge in [-0.2, -0.15) is 0 Å². The first-order valence-electron chi connectivity index (χ1n) is 10.2. The number of nitrogens with zero attached hydrogens (tertiary/aromatic N) is 1. The minimum Gasteiger partial charge on any atom is -0.493 e. The highest BCUT2D eigenvalue weighted by atomic mass is 16.5. The molecule has 0 aliphatic carbocycles. The summed E-state index contributed by atoms with van der Waals surface area (Å²) in [7, 11) is 7.78. The number of methoxy groups -OCH3 is 4. The Morgan fingerprint density at radius 3 is 2.31 bits per heavy atom. The van der Waals surface area contributed by atoms with Crippen molar-refractivity contribution in [3.05, 3.63) is 47.5 Å². The highest BCUT2D eigenvalue weighted by Crippen LogP contribution is 2.50. The molecule has 7 heteroatoms. The van der Waals surface area contributed by atoms with Crippen molar-refractivity contribution in [2.24, 2.45) is 0 Å². The zero-order valence-electron chi connectivity index (χ0n) is 18.8. The van der Waals surface area contributed by atoms with Crippen LogP contribution < -0.4 is 14.4 Å². The maximum absolute atomic E-state index is 12.9. The van der Waals surface area contributed by atoms with Crippen molar-refractivity contribution in [2.45, 2.75) is 6.42 Å². The topological polar surface area (TPSA) is 74.3 Å². The number of anilines is 1. The molecule has 1 aliphatic heterocycles. The summed E-state index contributed by atoms with van der Waals surface area (Å²) in [6, 6.07) is 9.72. The molecule has 0 saturated heterocycles. The van der Waals surface area contributed by atoms with Gasteiger partial charge in [0.25, 0.3) is 0 Å². The second-order valence-corrected chi connectivity index (χ2v) is 7.53. The molecule has 1 heterocycles. The Hall–Kier alpha value is -3.74. The third-order valence-electron chi connectivity index (χ3n) is 5.93. The molecule has 0 amide bonds. The Bertz CT molecular complexity index is 1280. The molecule has 3 aromatic rings. The SMILES string of the molecule is COC(=O)/C=C(\C(=O)OC)c1c2c3c(cc(OC)c(OC)c3c3ccccc13)CCN2C. The fourth-order valence-electron chi connectivity index (χ4n) is 4.52. The number of carbonyl (C=O) groups is 2. The van der Waals surface area contributed by atoms with E-state index in [0.717, 1.165) is 45.8 Å². The van der Waals surface area contributed by atoms with Crippen molar-refractivity contribution in [3.63, 3.8) is 0 Å². The third kappa shape index (κ3) is 3.21. The van der Waals surface area contributed by atoms with Gasteiger partial charge in [-0.1, -0.05) is 24.3 Å².